The monoisotopic (exact) mass is 313 g/mol. The van der Waals surface area contributed by atoms with Crippen LogP contribution in [0.4, 0.5) is 0 Å². The zero-order chi connectivity index (χ0) is 15.7. The van der Waals surface area contributed by atoms with Crippen LogP contribution in [0.3, 0.4) is 0 Å². The Hall–Kier alpha value is -1.75. The maximum Gasteiger partial charge on any atom is 0.325 e. The maximum atomic E-state index is 12.1. The van der Waals surface area contributed by atoms with Crippen LogP contribution in [-0.2, 0) is 14.3 Å². The van der Waals surface area contributed by atoms with Crippen molar-refractivity contribution >= 4 is 23.5 Å². The van der Waals surface area contributed by atoms with Crippen molar-refractivity contribution in [1.29, 1.82) is 0 Å². The van der Waals surface area contributed by atoms with Crippen LogP contribution < -0.4 is 4.74 Å². The van der Waals surface area contributed by atoms with Gasteiger partial charge in [0.2, 0.25) is 5.91 Å². The lowest BCUT2D eigenvalue weighted by molar-refractivity contribution is -0.147. The molecule has 5 nitrogen and oxygen atoms in total. The van der Waals surface area contributed by atoms with Gasteiger partial charge in [-0.05, 0) is 24.6 Å². The third kappa shape index (κ3) is 6.49. The second-order valence-electron chi connectivity index (χ2n) is 4.45. The first-order chi connectivity index (χ1) is 10.1. The Morgan fingerprint density at radius 3 is 2.71 bits per heavy atom. The van der Waals surface area contributed by atoms with Gasteiger partial charge in [-0.25, -0.2) is 0 Å². The Kier molecular flexibility index (Phi) is 7.61. The Labute approximate surface area is 129 Å². The number of rotatable bonds is 8. The standard InChI is InChI=1S/C15H20ClNO4/c1-3-8-17(11-15(19)20-2)14(18)7-9-21-13-6-4-5-12(16)10-13/h4-6,10H,3,7-9,11H2,1-2H3. The first kappa shape index (κ1) is 17.3. The molecule has 6 heteroatoms. The molecule has 0 atom stereocenters. The molecule has 1 aromatic rings. The van der Waals surface area contributed by atoms with Crippen LogP contribution >= 0.6 is 11.6 Å². The van der Waals surface area contributed by atoms with E-state index >= 15 is 0 Å². The third-order valence-electron chi connectivity index (χ3n) is 2.77. The number of nitrogens with zero attached hydrogens (tertiary/aromatic N) is 1. The van der Waals surface area contributed by atoms with E-state index in [0.717, 1.165) is 6.42 Å². The van der Waals surface area contributed by atoms with E-state index in [-0.39, 0.29) is 25.5 Å². The second kappa shape index (κ2) is 9.23. The van der Waals surface area contributed by atoms with Crippen molar-refractivity contribution < 1.29 is 19.1 Å². The van der Waals surface area contributed by atoms with E-state index in [2.05, 4.69) is 4.74 Å². The number of methoxy groups -OCH3 is 1. The number of hydrogen-bond donors (Lipinski definition) is 0. The summed E-state index contributed by atoms with van der Waals surface area (Å²) in [7, 11) is 1.30. The number of benzene rings is 1. The van der Waals surface area contributed by atoms with E-state index in [4.69, 9.17) is 16.3 Å². The number of amides is 1. The van der Waals surface area contributed by atoms with E-state index in [1.165, 1.54) is 12.0 Å². The fourth-order valence-electron chi connectivity index (χ4n) is 1.75. The smallest absolute Gasteiger partial charge is 0.325 e. The average Bonchev–Trinajstić information content (AvgIpc) is 2.46. The van der Waals surface area contributed by atoms with Crippen molar-refractivity contribution in [3.8, 4) is 5.75 Å². The Morgan fingerprint density at radius 2 is 2.10 bits per heavy atom. The minimum Gasteiger partial charge on any atom is -0.493 e. The number of ether oxygens (including phenoxy) is 2. The molecule has 0 saturated heterocycles. The van der Waals surface area contributed by atoms with Crippen LogP contribution in [0, 0.1) is 0 Å². The first-order valence-electron chi connectivity index (χ1n) is 6.79. The van der Waals surface area contributed by atoms with Crippen LogP contribution in [0.1, 0.15) is 19.8 Å². The van der Waals surface area contributed by atoms with Crippen molar-refractivity contribution in [3.63, 3.8) is 0 Å². The molecule has 0 spiro atoms. The summed E-state index contributed by atoms with van der Waals surface area (Å²) in [6, 6.07) is 6.98. The first-order valence-corrected chi connectivity index (χ1v) is 7.17. The molecule has 0 bridgehead atoms. The van der Waals surface area contributed by atoms with Crippen LogP contribution in [0.5, 0.6) is 5.75 Å². The summed E-state index contributed by atoms with van der Waals surface area (Å²) < 4.78 is 10.1. The lowest BCUT2D eigenvalue weighted by Crippen LogP contribution is -2.37. The molecule has 0 aliphatic rings. The molecule has 21 heavy (non-hydrogen) atoms. The topological polar surface area (TPSA) is 55.8 Å². The van der Waals surface area contributed by atoms with Gasteiger partial charge < -0.3 is 14.4 Å². The molecule has 1 amide bonds. The van der Waals surface area contributed by atoms with E-state index in [1.54, 1.807) is 24.3 Å². The van der Waals surface area contributed by atoms with Gasteiger partial charge in [-0.3, -0.25) is 9.59 Å². The summed E-state index contributed by atoms with van der Waals surface area (Å²) in [5.41, 5.74) is 0. The summed E-state index contributed by atoms with van der Waals surface area (Å²) in [5.74, 6) is 0.0575. The predicted octanol–water partition coefficient (Wildman–Crippen LogP) is 2.52. The largest absolute Gasteiger partial charge is 0.493 e. The zero-order valence-electron chi connectivity index (χ0n) is 12.3. The van der Waals surface area contributed by atoms with Crippen molar-refractivity contribution in [3.05, 3.63) is 29.3 Å². The van der Waals surface area contributed by atoms with Crippen LogP contribution in [0.15, 0.2) is 24.3 Å². The number of hydrogen-bond acceptors (Lipinski definition) is 4. The molecule has 116 valence electrons. The molecule has 0 unspecified atom stereocenters. The van der Waals surface area contributed by atoms with Gasteiger partial charge in [0.1, 0.15) is 12.3 Å². The summed E-state index contributed by atoms with van der Waals surface area (Å²) in [6.07, 6.45) is 0.974. The molecule has 0 heterocycles. The van der Waals surface area contributed by atoms with E-state index in [9.17, 15) is 9.59 Å². The van der Waals surface area contributed by atoms with Crippen LogP contribution in [0.2, 0.25) is 5.02 Å². The van der Waals surface area contributed by atoms with Crippen molar-refractivity contribution in [2.24, 2.45) is 0 Å². The summed E-state index contributed by atoms with van der Waals surface area (Å²) >= 11 is 5.84. The van der Waals surface area contributed by atoms with Crippen molar-refractivity contribution in [2.75, 3.05) is 26.8 Å². The molecule has 1 rings (SSSR count). The SMILES string of the molecule is CCCN(CC(=O)OC)C(=O)CCOc1cccc(Cl)c1. The lowest BCUT2D eigenvalue weighted by atomic mass is 10.3. The maximum absolute atomic E-state index is 12.1. The number of carbonyl (C=O) groups is 2. The van der Waals surface area contributed by atoms with Gasteiger partial charge in [0, 0.05) is 11.6 Å². The Morgan fingerprint density at radius 1 is 1.33 bits per heavy atom. The number of carbonyl (C=O) groups excluding carboxylic acids is 2. The van der Waals surface area contributed by atoms with Gasteiger partial charge in [0.15, 0.2) is 0 Å². The summed E-state index contributed by atoms with van der Waals surface area (Å²) in [5, 5.41) is 0.581. The van der Waals surface area contributed by atoms with Gasteiger partial charge in [-0.2, -0.15) is 0 Å². The molecule has 0 aromatic heterocycles. The van der Waals surface area contributed by atoms with E-state index in [0.29, 0.717) is 17.3 Å². The fourth-order valence-corrected chi connectivity index (χ4v) is 1.93. The molecular formula is C15H20ClNO4. The zero-order valence-corrected chi connectivity index (χ0v) is 13.1. The lowest BCUT2D eigenvalue weighted by Gasteiger charge is -2.20. The van der Waals surface area contributed by atoms with Gasteiger partial charge in [0.25, 0.3) is 0 Å². The fraction of sp³-hybridized carbons (Fsp3) is 0.467. The van der Waals surface area contributed by atoms with Gasteiger partial charge >= 0.3 is 5.97 Å². The highest BCUT2D eigenvalue weighted by Gasteiger charge is 2.16. The quantitative estimate of drug-likeness (QED) is 0.692. The van der Waals surface area contributed by atoms with E-state index in [1.807, 2.05) is 6.92 Å². The minimum atomic E-state index is -0.424. The molecule has 1 aromatic carbocycles. The molecule has 0 aliphatic carbocycles. The van der Waals surface area contributed by atoms with Crippen molar-refractivity contribution in [1.82, 2.24) is 4.90 Å². The van der Waals surface area contributed by atoms with Gasteiger partial charge in [-0.15, -0.1) is 0 Å². The van der Waals surface area contributed by atoms with E-state index < -0.39 is 5.97 Å². The third-order valence-corrected chi connectivity index (χ3v) is 3.01. The molecule has 0 saturated carbocycles. The summed E-state index contributed by atoms with van der Waals surface area (Å²) in [4.78, 5) is 24.8. The normalized spacial score (nSPS) is 10.0. The van der Waals surface area contributed by atoms with Gasteiger partial charge in [-0.1, -0.05) is 24.6 Å². The predicted molar refractivity (Wildman–Crippen MR) is 80.5 cm³/mol. The molecule has 0 N–H and O–H groups in total. The summed E-state index contributed by atoms with van der Waals surface area (Å²) in [6.45, 7) is 2.67. The average molecular weight is 314 g/mol. The molecule has 0 aliphatic heterocycles. The minimum absolute atomic E-state index is 0.0274. The highest BCUT2D eigenvalue weighted by molar-refractivity contribution is 6.30. The number of esters is 1. The second-order valence-corrected chi connectivity index (χ2v) is 4.88. The highest BCUT2D eigenvalue weighted by atomic mass is 35.5. The van der Waals surface area contributed by atoms with Crippen LogP contribution in [0.25, 0.3) is 0 Å². The Balaban J connectivity index is 2.44. The molecular weight excluding hydrogens is 294 g/mol. The Bertz CT molecular complexity index is 478. The van der Waals surface area contributed by atoms with Gasteiger partial charge in [0.05, 0.1) is 20.1 Å². The van der Waals surface area contributed by atoms with Crippen molar-refractivity contribution in [2.45, 2.75) is 19.8 Å². The molecule has 0 fully saturated rings. The number of halogens is 1. The van der Waals surface area contributed by atoms with Crippen LogP contribution in [-0.4, -0.2) is 43.6 Å². The molecule has 0 radical (unpaired) electrons. The highest BCUT2D eigenvalue weighted by Crippen LogP contribution is 2.17.